The van der Waals surface area contributed by atoms with Gasteiger partial charge in [-0.3, -0.25) is 4.79 Å². The summed E-state index contributed by atoms with van der Waals surface area (Å²) in [6.45, 7) is 3.25. The van der Waals surface area contributed by atoms with Crippen molar-refractivity contribution < 1.29 is 14.3 Å². The second-order valence-corrected chi connectivity index (χ2v) is 7.52. The largest absolute Gasteiger partial charge is 0.383 e. The van der Waals surface area contributed by atoms with Gasteiger partial charge in [-0.1, -0.05) is 18.2 Å². The van der Waals surface area contributed by atoms with Gasteiger partial charge >= 0.3 is 6.03 Å². The molecule has 1 saturated carbocycles. The molecule has 156 valence electrons. The summed E-state index contributed by atoms with van der Waals surface area (Å²) in [5.74, 6) is -0.0373. The average Bonchev–Trinajstić information content (AvgIpc) is 3.46. The zero-order valence-corrected chi connectivity index (χ0v) is 17.4. The van der Waals surface area contributed by atoms with Crippen molar-refractivity contribution in [1.82, 2.24) is 14.4 Å². The molecule has 0 atom stereocenters. The van der Waals surface area contributed by atoms with Crippen LogP contribution in [0.4, 0.5) is 10.5 Å². The van der Waals surface area contributed by atoms with E-state index in [1.807, 2.05) is 66.0 Å². The van der Waals surface area contributed by atoms with Crippen LogP contribution in [0, 0.1) is 6.92 Å². The van der Waals surface area contributed by atoms with Crippen LogP contribution in [-0.2, 0) is 23.1 Å². The molecule has 0 spiro atoms. The van der Waals surface area contributed by atoms with Gasteiger partial charge in [-0.25, -0.2) is 4.79 Å². The minimum atomic E-state index is -0.292. The highest BCUT2D eigenvalue weighted by Crippen LogP contribution is 2.28. The standard InChI is InChI=1S/C22H30N4O3/c1-17-7-4-5-9-20(17)23-22(28)25(13-14-29-3)16-21(27)26(18-10-11-18)15-19-8-6-12-24(19)2/h4-9,12,18H,10-11,13-16H2,1-3H3,(H,23,28). The summed E-state index contributed by atoms with van der Waals surface area (Å²) in [4.78, 5) is 29.4. The molecule has 7 heteroatoms. The number of hydrogen-bond acceptors (Lipinski definition) is 3. The third-order valence-corrected chi connectivity index (χ3v) is 5.26. The summed E-state index contributed by atoms with van der Waals surface area (Å²) >= 11 is 0. The number of urea groups is 1. The molecule has 1 aliphatic rings. The van der Waals surface area contributed by atoms with Crippen molar-refractivity contribution >= 4 is 17.6 Å². The highest BCUT2D eigenvalue weighted by atomic mass is 16.5. The minimum absolute atomic E-state index is 0.0298. The van der Waals surface area contributed by atoms with Gasteiger partial charge in [-0.05, 0) is 43.5 Å². The zero-order valence-electron chi connectivity index (χ0n) is 17.4. The van der Waals surface area contributed by atoms with Crippen LogP contribution < -0.4 is 5.32 Å². The molecule has 0 radical (unpaired) electrons. The lowest BCUT2D eigenvalue weighted by molar-refractivity contribution is -0.133. The van der Waals surface area contributed by atoms with Crippen LogP contribution in [0.15, 0.2) is 42.6 Å². The van der Waals surface area contributed by atoms with E-state index in [4.69, 9.17) is 4.74 Å². The van der Waals surface area contributed by atoms with E-state index < -0.39 is 0 Å². The summed E-state index contributed by atoms with van der Waals surface area (Å²) in [5.41, 5.74) is 2.80. The number of methoxy groups -OCH3 is 1. The van der Waals surface area contributed by atoms with Crippen LogP contribution in [0.3, 0.4) is 0 Å². The highest BCUT2D eigenvalue weighted by molar-refractivity contribution is 5.93. The number of para-hydroxylation sites is 1. The van der Waals surface area contributed by atoms with Crippen LogP contribution in [0.5, 0.6) is 0 Å². The maximum absolute atomic E-state index is 13.1. The topological polar surface area (TPSA) is 66.8 Å². The smallest absolute Gasteiger partial charge is 0.322 e. The van der Waals surface area contributed by atoms with E-state index in [0.29, 0.717) is 19.7 Å². The number of carbonyl (C=O) groups is 2. The Labute approximate surface area is 172 Å². The van der Waals surface area contributed by atoms with Crippen molar-refractivity contribution in [2.24, 2.45) is 7.05 Å². The number of amides is 3. The maximum Gasteiger partial charge on any atom is 0.322 e. The van der Waals surface area contributed by atoms with Crippen LogP contribution in [-0.4, -0.2) is 59.2 Å². The summed E-state index contributed by atoms with van der Waals surface area (Å²) in [5, 5.41) is 2.92. The number of nitrogens with one attached hydrogen (secondary N) is 1. The summed E-state index contributed by atoms with van der Waals surface area (Å²) < 4.78 is 7.17. The fourth-order valence-electron chi connectivity index (χ4n) is 3.26. The minimum Gasteiger partial charge on any atom is -0.383 e. The molecule has 1 N–H and O–H groups in total. The van der Waals surface area contributed by atoms with E-state index in [9.17, 15) is 9.59 Å². The molecule has 0 aliphatic heterocycles. The Morgan fingerprint density at radius 1 is 1.21 bits per heavy atom. The lowest BCUT2D eigenvalue weighted by Crippen LogP contribution is -2.46. The molecule has 1 fully saturated rings. The van der Waals surface area contributed by atoms with Crippen molar-refractivity contribution in [2.75, 3.05) is 32.1 Å². The SMILES string of the molecule is COCCN(CC(=O)N(Cc1cccn1C)C1CC1)C(=O)Nc1ccccc1C. The molecule has 1 aromatic carbocycles. The van der Waals surface area contributed by atoms with Gasteiger partial charge in [-0.2, -0.15) is 0 Å². The molecule has 3 rings (SSSR count). The Morgan fingerprint density at radius 3 is 2.59 bits per heavy atom. The van der Waals surface area contributed by atoms with Crippen LogP contribution >= 0.6 is 0 Å². The first-order chi connectivity index (χ1) is 14.0. The number of carbonyl (C=O) groups excluding carboxylic acids is 2. The second kappa shape index (κ2) is 9.60. The molecule has 0 saturated heterocycles. The molecular weight excluding hydrogens is 368 g/mol. The Kier molecular flexibility index (Phi) is 6.93. The van der Waals surface area contributed by atoms with Crippen molar-refractivity contribution in [3.8, 4) is 0 Å². The first-order valence-corrected chi connectivity index (χ1v) is 9.99. The number of aromatic nitrogens is 1. The molecule has 3 amide bonds. The van der Waals surface area contributed by atoms with E-state index in [-0.39, 0.29) is 24.5 Å². The molecule has 7 nitrogen and oxygen atoms in total. The molecule has 0 bridgehead atoms. The lowest BCUT2D eigenvalue weighted by atomic mass is 10.2. The molecule has 1 aromatic heterocycles. The van der Waals surface area contributed by atoms with Crippen LogP contribution in [0.1, 0.15) is 24.1 Å². The van der Waals surface area contributed by atoms with Gasteiger partial charge in [0.15, 0.2) is 0 Å². The van der Waals surface area contributed by atoms with Gasteiger partial charge in [0, 0.05) is 44.3 Å². The molecule has 2 aromatic rings. The van der Waals surface area contributed by atoms with E-state index in [1.54, 1.807) is 7.11 Å². The molecular formula is C22H30N4O3. The van der Waals surface area contributed by atoms with Crippen molar-refractivity contribution in [1.29, 1.82) is 0 Å². The summed E-state index contributed by atoms with van der Waals surface area (Å²) in [6, 6.07) is 11.6. The molecule has 1 aliphatic carbocycles. The summed E-state index contributed by atoms with van der Waals surface area (Å²) in [7, 11) is 3.57. The Hall–Kier alpha value is -2.80. The monoisotopic (exact) mass is 398 g/mol. The normalized spacial score (nSPS) is 13.2. The average molecular weight is 399 g/mol. The summed E-state index contributed by atoms with van der Waals surface area (Å²) in [6.07, 6.45) is 4.01. The Balaban J connectivity index is 1.69. The zero-order chi connectivity index (χ0) is 20.8. The van der Waals surface area contributed by atoms with Crippen molar-refractivity contribution in [2.45, 2.75) is 32.4 Å². The van der Waals surface area contributed by atoms with Crippen molar-refractivity contribution in [3.05, 3.63) is 53.9 Å². The van der Waals surface area contributed by atoms with Gasteiger partial charge < -0.3 is 24.4 Å². The van der Waals surface area contributed by atoms with Gasteiger partial charge in [0.25, 0.3) is 0 Å². The first kappa shape index (κ1) is 20.9. The third kappa shape index (κ3) is 5.60. The van der Waals surface area contributed by atoms with Gasteiger partial charge in [0.2, 0.25) is 5.91 Å². The predicted molar refractivity (Wildman–Crippen MR) is 113 cm³/mol. The first-order valence-electron chi connectivity index (χ1n) is 9.99. The number of hydrogen-bond donors (Lipinski definition) is 1. The molecule has 29 heavy (non-hydrogen) atoms. The second-order valence-electron chi connectivity index (χ2n) is 7.52. The van der Waals surface area contributed by atoms with Crippen LogP contribution in [0.2, 0.25) is 0 Å². The Bertz CT molecular complexity index is 844. The number of benzene rings is 1. The van der Waals surface area contributed by atoms with Crippen molar-refractivity contribution in [3.63, 3.8) is 0 Å². The van der Waals surface area contributed by atoms with Gasteiger partial charge in [-0.15, -0.1) is 0 Å². The molecule has 1 heterocycles. The van der Waals surface area contributed by atoms with E-state index >= 15 is 0 Å². The van der Waals surface area contributed by atoms with Gasteiger partial charge in [0.05, 0.1) is 13.2 Å². The number of ether oxygens (including phenoxy) is 1. The van der Waals surface area contributed by atoms with E-state index in [2.05, 4.69) is 5.32 Å². The fraction of sp³-hybridized carbons (Fsp3) is 0.455. The number of rotatable bonds is 9. The maximum atomic E-state index is 13.1. The third-order valence-electron chi connectivity index (χ3n) is 5.26. The number of nitrogens with zero attached hydrogens (tertiary/aromatic N) is 3. The van der Waals surface area contributed by atoms with Crippen LogP contribution in [0.25, 0.3) is 0 Å². The molecule has 0 unspecified atom stereocenters. The lowest BCUT2D eigenvalue weighted by Gasteiger charge is -2.28. The number of aryl methyl sites for hydroxylation is 2. The van der Waals surface area contributed by atoms with E-state index in [0.717, 1.165) is 29.8 Å². The number of anilines is 1. The Morgan fingerprint density at radius 2 is 1.97 bits per heavy atom. The predicted octanol–water partition coefficient (Wildman–Crippen LogP) is 3.01. The van der Waals surface area contributed by atoms with Gasteiger partial charge in [0.1, 0.15) is 6.54 Å². The fourth-order valence-corrected chi connectivity index (χ4v) is 3.26. The quantitative estimate of drug-likeness (QED) is 0.706. The highest BCUT2D eigenvalue weighted by Gasteiger charge is 2.34. The van der Waals surface area contributed by atoms with E-state index in [1.165, 1.54) is 4.90 Å².